The number of hydrogen-bond acceptors (Lipinski definition) is 6. The Balaban J connectivity index is 1.60. The number of unbranched alkanes of at least 4 members (excludes halogenated alkanes) is 1. The van der Waals surface area contributed by atoms with E-state index in [1.54, 1.807) is 0 Å². The van der Waals surface area contributed by atoms with Gasteiger partial charge in [0, 0.05) is 23.4 Å². The number of carboxylic acids is 1. The molecule has 1 aromatic rings. The van der Waals surface area contributed by atoms with Crippen molar-refractivity contribution < 1.29 is 29.3 Å². The summed E-state index contributed by atoms with van der Waals surface area (Å²) in [5.41, 5.74) is 1.51. The van der Waals surface area contributed by atoms with Gasteiger partial charge in [0.1, 0.15) is 4.88 Å². The van der Waals surface area contributed by atoms with Crippen molar-refractivity contribution in [1.29, 1.82) is 0 Å². The van der Waals surface area contributed by atoms with E-state index >= 15 is 0 Å². The number of rotatable bonds is 11. The second-order valence-corrected chi connectivity index (χ2v) is 12.2. The van der Waals surface area contributed by atoms with Crippen LogP contribution in [0.4, 0.5) is 5.69 Å². The molecule has 38 heavy (non-hydrogen) atoms. The number of carbonyl (C=O) groups is 2. The van der Waals surface area contributed by atoms with E-state index in [1.807, 2.05) is 17.0 Å². The third-order valence-corrected chi connectivity index (χ3v) is 9.49. The number of aliphatic hydroxyl groups is 1. The van der Waals surface area contributed by atoms with Gasteiger partial charge in [0.2, 0.25) is 5.91 Å². The molecule has 1 saturated heterocycles. The van der Waals surface area contributed by atoms with E-state index in [4.69, 9.17) is 9.47 Å². The highest BCUT2D eigenvalue weighted by Crippen LogP contribution is 2.41. The number of carbonyl (C=O) groups excluding carboxylic acids is 1. The van der Waals surface area contributed by atoms with E-state index in [-0.39, 0.29) is 35.1 Å². The Morgan fingerprint density at radius 3 is 2.55 bits per heavy atom. The Morgan fingerprint density at radius 1 is 1.13 bits per heavy atom. The maximum absolute atomic E-state index is 14.1. The summed E-state index contributed by atoms with van der Waals surface area (Å²) in [5.74, 6) is -1.08. The quantitative estimate of drug-likeness (QED) is 0.317. The van der Waals surface area contributed by atoms with Crippen LogP contribution in [0, 0.1) is 5.92 Å². The first-order chi connectivity index (χ1) is 18.4. The minimum absolute atomic E-state index is 0.0467. The number of aromatic carboxylic acids is 1. The highest BCUT2D eigenvalue weighted by molar-refractivity contribution is 7.15. The standard InChI is InChI=1S/C30H45NO6S/c1-3-5-9-20(4-2)29(33)31(22-13-15-24(16-14-22)37-27-12-6-7-17-36-27)25-19-26(38-28(25)30(34)35)21-10-8-11-23(32)18-21/h18-20,22-24,27,32H,3-17H2,1-2H3,(H,34,35). The van der Waals surface area contributed by atoms with Crippen LogP contribution < -0.4 is 4.90 Å². The SMILES string of the molecule is CCCCC(CC)C(=O)N(c1cc(C2=CC(O)CCC2)sc1C(=O)O)C1CCC(OC2CCCCO2)CC1. The molecule has 2 heterocycles. The Labute approximate surface area is 231 Å². The molecule has 1 saturated carbocycles. The first-order valence-corrected chi connectivity index (χ1v) is 15.6. The van der Waals surface area contributed by atoms with Crippen molar-refractivity contribution in [1.82, 2.24) is 0 Å². The predicted molar refractivity (Wildman–Crippen MR) is 151 cm³/mol. The zero-order valence-corrected chi connectivity index (χ0v) is 23.8. The van der Waals surface area contributed by atoms with Crippen molar-refractivity contribution in [2.45, 2.75) is 128 Å². The second kappa shape index (κ2) is 14.1. The summed E-state index contributed by atoms with van der Waals surface area (Å²) in [5, 5.41) is 20.4. The molecule has 1 aromatic heterocycles. The molecule has 7 nitrogen and oxygen atoms in total. The van der Waals surface area contributed by atoms with Crippen molar-refractivity contribution in [3.63, 3.8) is 0 Å². The minimum atomic E-state index is -1.00. The van der Waals surface area contributed by atoms with Gasteiger partial charge < -0.3 is 24.6 Å². The first kappa shape index (κ1) is 29.2. The van der Waals surface area contributed by atoms with Gasteiger partial charge in [-0.2, -0.15) is 0 Å². The van der Waals surface area contributed by atoms with Gasteiger partial charge in [0.05, 0.1) is 17.9 Å². The summed E-state index contributed by atoms with van der Waals surface area (Å²) >= 11 is 1.23. The van der Waals surface area contributed by atoms with E-state index < -0.39 is 12.1 Å². The minimum Gasteiger partial charge on any atom is -0.477 e. The number of anilines is 1. The molecule has 0 bridgehead atoms. The zero-order valence-electron chi connectivity index (χ0n) is 23.0. The monoisotopic (exact) mass is 547 g/mol. The van der Waals surface area contributed by atoms with Gasteiger partial charge in [-0.25, -0.2) is 4.79 Å². The molecular formula is C30H45NO6S. The number of thiophene rings is 1. The highest BCUT2D eigenvalue weighted by atomic mass is 32.1. The van der Waals surface area contributed by atoms with E-state index in [0.717, 1.165) is 107 Å². The maximum Gasteiger partial charge on any atom is 0.348 e. The molecule has 212 valence electrons. The summed E-state index contributed by atoms with van der Waals surface area (Å²) in [7, 11) is 0. The zero-order chi connectivity index (χ0) is 27.1. The fourth-order valence-electron chi connectivity index (χ4n) is 6.10. The summed E-state index contributed by atoms with van der Waals surface area (Å²) in [4.78, 5) is 29.5. The van der Waals surface area contributed by atoms with Gasteiger partial charge in [-0.1, -0.05) is 32.8 Å². The van der Waals surface area contributed by atoms with Crippen LogP contribution in [-0.2, 0) is 14.3 Å². The Morgan fingerprint density at radius 2 is 1.92 bits per heavy atom. The number of allylic oxidation sites excluding steroid dienone is 1. The number of amides is 1. The predicted octanol–water partition coefficient (Wildman–Crippen LogP) is 6.78. The molecule has 2 aliphatic carbocycles. The van der Waals surface area contributed by atoms with Crippen molar-refractivity contribution in [2.24, 2.45) is 5.92 Å². The van der Waals surface area contributed by atoms with Crippen LogP contribution in [0.15, 0.2) is 12.1 Å². The molecule has 8 heteroatoms. The third kappa shape index (κ3) is 7.26. The fourth-order valence-corrected chi connectivity index (χ4v) is 7.14. The van der Waals surface area contributed by atoms with Crippen molar-refractivity contribution in [2.75, 3.05) is 11.5 Å². The van der Waals surface area contributed by atoms with Gasteiger partial charge in [-0.3, -0.25) is 4.79 Å². The molecule has 0 spiro atoms. The average molecular weight is 548 g/mol. The molecule has 2 fully saturated rings. The van der Waals surface area contributed by atoms with Crippen LogP contribution in [0.25, 0.3) is 5.57 Å². The summed E-state index contributed by atoms with van der Waals surface area (Å²) in [6.45, 7) is 4.94. The number of ether oxygens (including phenoxy) is 2. The molecule has 0 radical (unpaired) electrons. The molecule has 3 unspecified atom stereocenters. The molecular weight excluding hydrogens is 502 g/mol. The first-order valence-electron chi connectivity index (χ1n) is 14.8. The van der Waals surface area contributed by atoms with Crippen LogP contribution >= 0.6 is 11.3 Å². The maximum atomic E-state index is 14.1. The van der Waals surface area contributed by atoms with Gasteiger partial charge in [0.15, 0.2) is 6.29 Å². The lowest BCUT2D eigenvalue weighted by Crippen LogP contribution is -2.47. The number of aliphatic hydroxyl groups excluding tert-OH is 1. The van der Waals surface area contributed by atoms with Crippen molar-refractivity contribution >= 4 is 34.5 Å². The highest BCUT2D eigenvalue weighted by Gasteiger charge is 2.37. The Kier molecular flexibility index (Phi) is 10.8. The third-order valence-electron chi connectivity index (χ3n) is 8.30. The number of hydrogen-bond donors (Lipinski definition) is 2. The average Bonchev–Trinajstić information content (AvgIpc) is 3.36. The van der Waals surface area contributed by atoms with E-state index in [9.17, 15) is 19.8 Å². The molecule has 1 amide bonds. The normalized spacial score (nSPS) is 27.0. The van der Waals surface area contributed by atoms with Crippen LogP contribution in [0.1, 0.15) is 118 Å². The molecule has 2 N–H and O–H groups in total. The van der Waals surface area contributed by atoms with Crippen LogP contribution in [0.3, 0.4) is 0 Å². The second-order valence-electron chi connectivity index (χ2n) is 11.1. The molecule has 3 aliphatic rings. The van der Waals surface area contributed by atoms with Gasteiger partial charge in [-0.05, 0) is 88.7 Å². The fraction of sp³-hybridized carbons (Fsp3) is 0.733. The van der Waals surface area contributed by atoms with Crippen LogP contribution in [-0.4, -0.2) is 53.2 Å². The number of nitrogens with zero attached hydrogens (tertiary/aromatic N) is 1. The van der Waals surface area contributed by atoms with Crippen LogP contribution in [0.2, 0.25) is 0 Å². The summed E-state index contributed by atoms with van der Waals surface area (Å²) < 4.78 is 12.0. The molecule has 1 aliphatic heterocycles. The van der Waals surface area contributed by atoms with Gasteiger partial charge >= 0.3 is 5.97 Å². The van der Waals surface area contributed by atoms with E-state index in [2.05, 4.69) is 13.8 Å². The Bertz CT molecular complexity index is 960. The van der Waals surface area contributed by atoms with Crippen molar-refractivity contribution in [3.8, 4) is 0 Å². The topological polar surface area (TPSA) is 96.3 Å². The molecule has 3 atom stereocenters. The lowest BCUT2D eigenvalue weighted by atomic mass is 9.89. The Hall–Kier alpha value is -1.74. The van der Waals surface area contributed by atoms with Crippen molar-refractivity contribution in [3.05, 3.63) is 21.9 Å². The largest absolute Gasteiger partial charge is 0.477 e. The number of carboxylic acid groups (broad SMARTS) is 1. The van der Waals surface area contributed by atoms with Gasteiger partial charge in [0.25, 0.3) is 0 Å². The van der Waals surface area contributed by atoms with E-state index in [1.165, 1.54) is 11.3 Å². The molecule has 0 aromatic carbocycles. The lowest BCUT2D eigenvalue weighted by Gasteiger charge is -2.39. The van der Waals surface area contributed by atoms with E-state index in [0.29, 0.717) is 5.69 Å². The van der Waals surface area contributed by atoms with Gasteiger partial charge in [-0.15, -0.1) is 11.3 Å². The summed E-state index contributed by atoms with van der Waals surface area (Å²) in [6, 6.07) is 1.85. The molecule has 4 rings (SSSR count). The summed E-state index contributed by atoms with van der Waals surface area (Å²) in [6.07, 6.45) is 13.7. The smallest absolute Gasteiger partial charge is 0.348 e. The lowest BCUT2D eigenvalue weighted by molar-refractivity contribution is -0.193. The van der Waals surface area contributed by atoms with Crippen LogP contribution in [0.5, 0.6) is 0 Å².